The van der Waals surface area contributed by atoms with Crippen LogP contribution in [0.25, 0.3) is 22.2 Å². The number of ether oxygens (including phenoxy) is 2. The maximum atomic E-state index is 13.0. The summed E-state index contributed by atoms with van der Waals surface area (Å²) in [6.07, 6.45) is 1.89. The van der Waals surface area contributed by atoms with Gasteiger partial charge < -0.3 is 24.3 Å². The van der Waals surface area contributed by atoms with Gasteiger partial charge in [-0.2, -0.15) is 8.78 Å². The normalized spacial score (nSPS) is 14.0. The Labute approximate surface area is 202 Å². The second-order valence-corrected chi connectivity index (χ2v) is 8.44. The van der Waals surface area contributed by atoms with Crippen molar-refractivity contribution in [1.29, 1.82) is 0 Å². The Balaban J connectivity index is 1.47. The Hall–Kier alpha value is -3.72. The highest BCUT2D eigenvalue weighted by molar-refractivity contribution is 5.83. The van der Waals surface area contributed by atoms with Gasteiger partial charge in [0.05, 0.1) is 24.7 Å². The molecule has 0 unspecified atom stereocenters. The molecule has 4 aromatic rings. The molecule has 0 atom stereocenters. The molecule has 182 valence electrons. The molecule has 3 heterocycles. The number of imidazole rings is 1. The standard InChI is InChI=1S/C26H27F2N5O2/c1-17-31-22-7-4-18(19-5-8-25(30-15-19)32-11-9-29-10-12-32)13-23(22)33(17)16-20-3-6-21(34-2)14-24(20)35-26(27)28/h3-8,13-15,26,29H,9-12,16H2,1-2H3. The molecule has 0 spiro atoms. The molecule has 2 aromatic heterocycles. The lowest BCUT2D eigenvalue weighted by Gasteiger charge is -2.28. The maximum Gasteiger partial charge on any atom is 0.387 e. The zero-order valence-electron chi connectivity index (χ0n) is 19.7. The first-order chi connectivity index (χ1) is 17.0. The minimum atomic E-state index is -2.93. The summed E-state index contributed by atoms with van der Waals surface area (Å²) in [5, 5.41) is 3.35. The van der Waals surface area contributed by atoms with Crippen LogP contribution in [-0.2, 0) is 6.54 Å². The number of anilines is 1. The smallest absolute Gasteiger partial charge is 0.387 e. The van der Waals surface area contributed by atoms with E-state index >= 15 is 0 Å². The first-order valence-corrected chi connectivity index (χ1v) is 11.5. The summed E-state index contributed by atoms with van der Waals surface area (Å²) in [5.41, 5.74) is 4.37. The van der Waals surface area contributed by atoms with Crippen LogP contribution in [0.15, 0.2) is 54.7 Å². The second-order valence-electron chi connectivity index (χ2n) is 8.44. The molecule has 35 heavy (non-hydrogen) atoms. The van der Waals surface area contributed by atoms with Crippen LogP contribution >= 0.6 is 0 Å². The molecule has 5 rings (SSSR count). The van der Waals surface area contributed by atoms with Gasteiger partial charge in [-0.25, -0.2) is 9.97 Å². The highest BCUT2D eigenvalue weighted by Crippen LogP contribution is 2.30. The lowest BCUT2D eigenvalue weighted by molar-refractivity contribution is -0.0505. The van der Waals surface area contributed by atoms with Gasteiger partial charge in [0.25, 0.3) is 0 Å². The van der Waals surface area contributed by atoms with E-state index in [4.69, 9.17) is 9.47 Å². The molecular weight excluding hydrogens is 452 g/mol. The van der Waals surface area contributed by atoms with E-state index in [0.29, 0.717) is 17.9 Å². The highest BCUT2D eigenvalue weighted by Gasteiger charge is 2.16. The number of nitrogens with zero attached hydrogens (tertiary/aromatic N) is 4. The van der Waals surface area contributed by atoms with Crippen molar-refractivity contribution in [2.75, 3.05) is 38.2 Å². The van der Waals surface area contributed by atoms with E-state index in [1.807, 2.05) is 29.8 Å². The van der Waals surface area contributed by atoms with Crippen LogP contribution in [0.1, 0.15) is 11.4 Å². The number of rotatable bonds is 7. The molecule has 1 N–H and O–H groups in total. The van der Waals surface area contributed by atoms with Crippen molar-refractivity contribution in [2.45, 2.75) is 20.1 Å². The predicted molar refractivity (Wildman–Crippen MR) is 132 cm³/mol. The Kier molecular flexibility index (Phi) is 6.50. The molecule has 1 aliphatic rings. The van der Waals surface area contributed by atoms with E-state index in [0.717, 1.165) is 60.0 Å². The lowest BCUT2D eigenvalue weighted by atomic mass is 10.1. The molecular formula is C26H27F2N5O2. The first kappa shape index (κ1) is 23.0. The van der Waals surface area contributed by atoms with E-state index in [2.05, 4.69) is 38.4 Å². The maximum absolute atomic E-state index is 13.0. The number of hydrogen-bond donors (Lipinski definition) is 1. The predicted octanol–water partition coefficient (Wildman–Crippen LogP) is 4.47. The van der Waals surface area contributed by atoms with Crippen LogP contribution < -0.4 is 19.7 Å². The Morgan fingerprint density at radius 3 is 2.54 bits per heavy atom. The minimum absolute atomic E-state index is 0.0875. The summed E-state index contributed by atoms with van der Waals surface area (Å²) in [6, 6.07) is 15.2. The van der Waals surface area contributed by atoms with Gasteiger partial charge in [-0.05, 0) is 48.9 Å². The molecule has 0 amide bonds. The fourth-order valence-electron chi connectivity index (χ4n) is 4.43. The number of halogens is 2. The number of alkyl halides is 2. The van der Waals surface area contributed by atoms with Crippen LogP contribution in [0.4, 0.5) is 14.6 Å². The number of nitrogens with one attached hydrogen (secondary N) is 1. The largest absolute Gasteiger partial charge is 0.497 e. The number of aryl methyl sites for hydroxylation is 1. The minimum Gasteiger partial charge on any atom is -0.497 e. The average molecular weight is 480 g/mol. The van der Waals surface area contributed by atoms with Crippen LogP contribution in [0, 0.1) is 6.92 Å². The van der Waals surface area contributed by atoms with Gasteiger partial charge in [-0.15, -0.1) is 0 Å². The van der Waals surface area contributed by atoms with E-state index in [1.165, 1.54) is 13.2 Å². The monoisotopic (exact) mass is 479 g/mol. The molecule has 0 saturated carbocycles. The summed E-state index contributed by atoms with van der Waals surface area (Å²) in [7, 11) is 1.49. The number of benzene rings is 2. The summed E-state index contributed by atoms with van der Waals surface area (Å²) in [6.45, 7) is 3.12. The van der Waals surface area contributed by atoms with Crippen molar-refractivity contribution in [3.8, 4) is 22.6 Å². The van der Waals surface area contributed by atoms with Crippen molar-refractivity contribution in [3.05, 3.63) is 66.1 Å². The summed E-state index contributed by atoms with van der Waals surface area (Å²) in [5.74, 6) is 2.30. The number of pyridine rings is 1. The molecule has 0 radical (unpaired) electrons. The van der Waals surface area contributed by atoms with Crippen LogP contribution in [0.5, 0.6) is 11.5 Å². The van der Waals surface area contributed by atoms with Gasteiger partial charge >= 0.3 is 6.61 Å². The lowest BCUT2D eigenvalue weighted by Crippen LogP contribution is -2.43. The molecule has 0 bridgehead atoms. The van der Waals surface area contributed by atoms with Crippen molar-refractivity contribution >= 4 is 16.9 Å². The molecule has 7 nitrogen and oxygen atoms in total. The topological polar surface area (TPSA) is 64.4 Å². The zero-order chi connectivity index (χ0) is 24.4. The van der Waals surface area contributed by atoms with Gasteiger partial charge in [-0.1, -0.05) is 6.07 Å². The molecule has 9 heteroatoms. The van der Waals surface area contributed by atoms with Crippen LogP contribution in [-0.4, -0.2) is 54.4 Å². The molecule has 0 aliphatic carbocycles. The average Bonchev–Trinajstić information content (AvgIpc) is 3.19. The van der Waals surface area contributed by atoms with Crippen molar-refractivity contribution < 1.29 is 18.3 Å². The molecule has 1 fully saturated rings. The van der Waals surface area contributed by atoms with Gasteiger partial charge in [0.15, 0.2) is 0 Å². The number of methoxy groups -OCH3 is 1. The van der Waals surface area contributed by atoms with Crippen molar-refractivity contribution in [3.63, 3.8) is 0 Å². The van der Waals surface area contributed by atoms with E-state index in [1.54, 1.807) is 12.1 Å². The SMILES string of the molecule is COc1ccc(Cn2c(C)nc3ccc(-c4ccc(N5CCNCC5)nc4)cc32)c(OC(F)F)c1. The molecule has 1 saturated heterocycles. The van der Waals surface area contributed by atoms with Crippen molar-refractivity contribution in [2.24, 2.45) is 0 Å². The first-order valence-electron chi connectivity index (χ1n) is 11.5. The Morgan fingerprint density at radius 1 is 1.03 bits per heavy atom. The van der Waals surface area contributed by atoms with Crippen molar-refractivity contribution in [1.82, 2.24) is 19.9 Å². The highest BCUT2D eigenvalue weighted by atomic mass is 19.3. The fourth-order valence-corrected chi connectivity index (χ4v) is 4.43. The molecule has 1 aliphatic heterocycles. The van der Waals surface area contributed by atoms with E-state index in [-0.39, 0.29) is 5.75 Å². The molecule has 2 aromatic carbocycles. The second kappa shape index (κ2) is 9.87. The van der Waals surface area contributed by atoms with Gasteiger partial charge in [0.2, 0.25) is 0 Å². The number of piperazine rings is 1. The van der Waals surface area contributed by atoms with Gasteiger partial charge in [0.1, 0.15) is 23.1 Å². The summed E-state index contributed by atoms with van der Waals surface area (Å²) >= 11 is 0. The van der Waals surface area contributed by atoms with E-state index in [9.17, 15) is 8.78 Å². The number of fused-ring (bicyclic) bond motifs is 1. The van der Waals surface area contributed by atoms with Crippen LogP contribution in [0.2, 0.25) is 0 Å². The summed E-state index contributed by atoms with van der Waals surface area (Å²) < 4.78 is 38.0. The van der Waals surface area contributed by atoms with Gasteiger partial charge in [-0.3, -0.25) is 0 Å². The third-order valence-electron chi connectivity index (χ3n) is 6.28. The number of hydrogen-bond acceptors (Lipinski definition) is 6. The zero-order valence-corrected chi connectivity index (χ0v) is 19.7. The summed E-state index contributed by atoms with van der Waals surface area (Å²) in [4.78, 5) is 11.6. The third kappa shape index (κ3) is 4.90. The Morgan fingerprint density at radius 2 is 1.83 bits per heavy atom. The third-order valence-corrected chi connectivity index (χ3v) is 6.28. The van der Waals surface area contributed by atoms with E-state index < -0.39 is 6.61 Å². The quantitative estimate of drug-likeness (QED) is 0.422. The fraction of sp³-hybridized carbons (Fsp3) is 0.308. The Bertz CT molecular complexity index is 1320. The van der Waals surface area contributed by atoms with Gasteiger partial charge in [0, 0.05) is 49.6 Å². The van der Waals surface area contributed by atoms with Crippen LogP contribution in [0.3, 0.4) is 0 Å². The number of aromatic nitrogens is 3.